The van der Waals surface area contributed by atoms with E-state index < -0.39 is 0 Å². The van der Waals surface area contributed by atoms with Crippen molar-refractivity contribution < 1.29 is 19.4 Å². The highest BCUT2D eigenvalue weighted by molar-refractivity contribution is 6.30. The van der Waals surface area contributed by atoms with Crippen LogP contribution in [0.3, 0.4) is 0 Å². The summed E-state index contributed by atoms with van der Waals surface area (Å²) in [6.45, 7) is 2.94. The molecule has 9 nitrogen and oxygen atoms in total. The molecule has 3 aliphatic rings. The standard InChI is InChI=1S/C20H24ClN5O2.CH2O2/c21-14-6-4-13(5-7-14)17-11-25-10-15(9-16(25)12-28-17)22-20(27)19-24-23-18-3-1-2-8-26(18)19;2-1-3/h4-7,15-17H,1-3,8-12H2,(H,22,27);1H,(H,2,3)/t15-,16+,17-;/m1./s1. The number of carboxylic acid groups (broad SMARTS) is 1. The maximum Gasteiger partial charge on any atom is 0.290 e. The highest BCUT2D eigenvalue weighted by Gasteiger charge is 2.38. The van der Waals surface area contributed by atoms with Crippen molar-refractivity contribution in [2.24, 2.45) is 0 Å². The first kappa shape index (κ1) is 21.7. The van der Waals surface area contributed by atoms with Crippen molar-refractivity contribution >= 4 is 24.0 Å². The third-order valence-corrected chi connectivity index (χ3v) is 6.31. The lowest BCUT2D eigenvalue weighted by Gasteiger charge is -2.35. The van der Waals surface area contributed by atoms with E-state index in [0.717, 1.165) is 61.7 Å². The van der Waals surface area contributed by atoms with Gasteiger partial charge < -0.3 is 19.7 Å². The molecular formula is C21H26ClN5O4. The van der Waals surface area contributed by atoms with Crippen LogP contribution in [0.15, 0.2) is 24.3 Å². The Morgan fingerprint density at radius 2 is 2.00 bits per heavy atom. The number of rotatable bonds is 3. The average molecular weight is 448 g/mol. The summed E-state index contributed by atoms with van der Waals surface area (Å²) in [7, 11) is 0. The summed E-state index contributed by atoms with van der Waals surface area (Å²) in [6.07, 6.45) is 4.05. The Hall–Kier alpha value is -2.49. The molecular weight excluding hydrogens is 422 g/mol. The van der Waals surface area contributed by atoms with Gasteiger partial charge in [-0.25, -0.2) is 0 Å². The van der Waals surface area contributed by atoms with E-state index in [0.29, 0.717) is 18.5 Å². The van der Waals surface area contributed by atoms with Crippen LogP contribution in [-0.4, -0.2) is 68.9 Å². The fourth-order valence-electron chi connectivity index (χ4n) is 4.58. The summed E-state index contributed by atoms with van der Waals surface area (Å²) in [6, 6.07) is 8.31. The van der Waals surface area contributed by atoms with E-state index in [9.17, 15) is 4.79 Å². The van der Waals surface area contributed by atoms with E-state index >= 15 is 0 Å². The predicted molar refractivity (Wildman–Crippen MR) is 113 cm³/mol. The van der Waals surface area contributed by atoms with Gasteiger partial charge in [0.1, 0.15) is 5.82 Å². The van der Waals surface area contributed by atoms with Gasteiger partial charge in [-0.2, -0.15) is 0 Å². The maximum absolute atomic E-state index is 12.8. The zero-order valence-corrected chi connectivity index (χ0v) is 17.9. The first-order chi connectivity index (χ1) is 15.1. The summed E-state index contributed by atoms with van der Waals surface area (Å²) >= 11 is 5.99. The Morgan fingerprint density at radius 1 is 1.23 bits per heavy atom. The number of aryl methyl sites for hydroxylation is 1. The van der Waals surface area contributed by atoms with E-state index in [-0.39, 0.29) is 24.5 Å². The van der Waals surface area contributed by atoms with Crippen molar-refractivity contribution in [3.05, 3.63) is 46.5 Å². The maximum atomic E-state index is 12.8. The summed E-state index contributed by atoms with van der Waals surface area (Å²) in [5.41, 5.74) is 1.14. The quantitative estimate of drug-likeness (QED) is 0.691. The van der Waals surface area contributed by atoms with E-state index in [2.05, 4.69) is 20.4 Å². The molecule has 5 rings (SSSR count). The molecule has 2 aromatic rings. The average Bonchev–Trinajstić information content (AvgIpc) is 3.38. The lowest BCUT2D eigenvalue weighted by molar-refractivity contribution is -0.122. The minimum Gasteiger partial charge on any atom is -0.483 e. The number of nitrogens with one attached hydrogen (secondary N) is 1. The van der Waals surface area contributed by atoms with Gasteiger partial charge in [0.2, 0.25) is 5.82 Å². The molecule has 1 aromatic heterocycles. The van der Waals surface area contributed by atoms with Crippen LogP contribution in [0.2, 0.25) is 5.02 Å². The van der Waals surface area contributed by atoms with Crippen molar-refractivity contribution in [1.82, 2.24) is 25.0 Å². The molecule has 2 saturated heterocycles. The zero-order chi connectivity index (χ0) is 21.8. The third-order valence-electron chi connectivity index (χ3n) is 6.06. The number of amides is 1. The van der Waals surface area contributed by atoms with E-state index in [1.165, 1.54) is 0 Å². The topological polar surface area (TPSA) is 110 Å². The number of benzene rings is 1. The summed E-state index contributed by atoms with van der Waals surface area (Å²) in [5.74, 6) is 1.27. The lowest BCUT2D eigenvalue weighted by Crippen LogP contribution is -2.43. The number of hydrogen-bond donors (Lipinski definition) is 2. The predicted octanol–water partition coefficient (Wildman–Crippen LogP) is 1.91. The fourth-order valence-corrected chi connectivity index (χ4v) is 4.71. The van der Waals surface area contributed by atoms with Gasteiger partial charge in [-0.1, -0.05) is 23.7 Å². The molecule has 3 atom stereocenters. The van der Waals surface area contributed by atoms with Crippen LogP contribution in [0.25, 0.3) is 0 Å². The van der Waals surface area contributed by atoms with Crippen molar-refractivity contribution in [2.45, 2.75) is 50.4 Å². The number of fused-ring (bicyclic) bond motifs is 2. The number of hydrogen-bond acceptors (Lipinski definition) is 6. The number of aromatic nitrogens is 3. The van der Waals surface area contributed by atoms with Crippen molar-refractivity contribution in [2.75, 3.05) is 19.7 Å². The molecule has 166 valence electrons. The number of carbonyl (C=O) groups is 2. The van der Waals surface area contributed by atoms with Gasteiger partial charge in [0.25, 0.3) is 12.4 Å². The van der Waals surface area contributed by atoms with Crippen LogP contribution in [0.5, 0.6) is 0 Å². The molecule has 31 heavy (non-hydrogen) atoms. The van der Waals surface area contributed by atoms with Crippen LogP contribution in [0.4, 0.5) is 0 Å². The molecule has 0 saturated carbocycles. The van der Waals surface area contributed by atoms with Crippen molar-refractivity contribution in [1.29, 1.82) is 0 Å². The molecule has 10 heteroatoms. The summed E-state index contributed by atoms with van der Waals surface area (Å²) < 4.78 is 8.07. The first-order valence-electron chi connectivity index (χ1n) is 10.5. The molecule has 1 aromatic carbocycles. The monoisotopic (exact) mass is 447 g/mol. The van der Waals surface area contributed by atoms with Crippen LogP contribution >= 0.6 is 11.6 Å². The Morgan fingerprint density at radius 3 is 2.77 bits per heavy atom. The SMILES string of the molecule is O=C(N[C@@H]1C[C@H]2CO[C@@H](c3ccc(Cl)cc3)CN2C1)c1nnc2n1CCCC2.O=CO. The van der Waals surface area contributed by atoms with Crippen LogP contribution in [0, 0.1) is 0 Å². The summed E-state index contributed by atoms with van der Waals surface area (Å²) in [5, 5.41) is 19.1. The van der Waals surface area contributed by atoms with E-state index in [4.69, 9.17) is 26.2 Å². The van der Waals surface area contributed by atoms with Gasteiger partial charge in [0.05, 0.1) is 12.7 Å². The number of ether oxygens (including phenoxy) is 1. The van der Waals surface area contributed by atoms with Crippen LogP contribution in [-0.2, 0) is 22.5 Å². The highest BCUT2D eigenvalue weighted by Crippen LogP contribution is 2.31. The van der Waals surface area contributed by atoms with Crippen molar-refractivity contribution in [3.63, 3.8) is 0 Å². The Labute approximate surface area is 185 Å². The second-order valence-corrected chi connectivity index (χ2v) is 8.48. The minimum atomic E-state index is -0.250. The fraction of sp³-hybridized carbons (Fsp3) is 0.524. The van der Waals surface area contributed by atoms with Gasteiger partial charge in [0, 0.05) is 43.2 Å². The van der Waals surface area contributed by atoms with Crippen molar-refractivity contribution in [3.8, 4) is 0 Å². The van der Waals surface area contributed by atoms with E-state index in [1.807, 2.05) is 28.8 Å². The zero-order valence-electron chi connectivity index (χ0n) is 17.1. The molecule has 0 spiro atoms. The largest absolute Gasteiger partial charge is 0.483 e. The second kappa shape index (κ2) is 9.76. The van der Waals surface area contributed by atoms with Crippen LogP contribution < -0.4 is 5.32 Å². The smallest absolute Gasteiger partial charge is 0.290 e. The molecule has 0 bridgehead atoms. The Kier molecular flexibility index (Phi) is 6.84. The molecule has 0 radical (unpaired) electrons. The lowest BCUT2D eigenvalue weighted by atomic mass is 10.1. The molecule has 3 aliphatic heterocycles. The van der Waals surface area contributed by atoms with Gasteiger partial charge in [-0.15, -0.1) is 10.2 Å². The van der Waals surface area contributed by atoms with E-state index in [1.54, 1.807) is 0 Å². The molecule has 0 unspecified atom stereocenters. The minimum absolute atomic E-state index is 0.0477. The molecule has 0 aliphatic carbocycles. The molecule has 4 heterocycles. The number of nitrogens with zero attached hydrogens (tertiary/aromatic N) is 4. The number of halogens is 1. The van der Waals surface area contributed by atoms with Gasteiger partial charge >= 0.3 is 0 Å². The van der Waals surface area contributed by atoms with Gasteiger partial charge in [-0.05, 0) is 37.0 Å². The first-order valence-corrected chi connectivity index (χ1v) is 10.9. The van der Waals surface area contributed by atoms with Gasteiger partial charge in [0.15, 0.2) is 0 Å². The highest BCUT2D eigenvalue weighted by atomic mass is 35.5. The number of morpholine rings is 1. The normalized spacial score (nSPS) is 25.0. The number of carbonyl (C=O) groups excluding carboxylic acids is 1. The molecule has 1 amide bonds. The Balaban J connectivity index is 0.000000730. The Bertz CT molecular complexity index is 919. The van der Waals surface area contributed by atoms with Gasteiger partial charge in [-0.3, -0.25) is 14.5 Å². The van der Waals surface area contributed by atoms with Crippen LogP contribution in [0.1, 0.15) is 47.4 Å². The second-order valence-electron chi connectivity index (χ2n) is 8.04. The third kappa shape index (κ3) is 4.89. The molecule has 2 fully saturated rings. The summed E-state index contributed by atoms with van der Waals surface area (Å²) in [4.78, 5) is 23.5. The molecule has 2 N–H and O–H groups in total.